The van der Waals surface area contributed by atoms with Gasteiger partial charge in [0.25, 0.3) is 5.91 Å². The molecule has 22 heavy (non-hydrogen) atoms. The lowest BCUT2D eigenvalue weighted by molar-refractivity contribution is 0.0995. The summed E-state index contributed by atoms with van der Waals surface area (Å²) in [6.45, 7) is 2.26. The van der Waals surface area contributed by atoms with Crippen molar-refractivity contribution in [1.29, 1.82) is 0 Å². The third kappa shape index (κ3) is 2.83. The van der Waals surface area contributed by atoms with Crippen molar-refractivity contribution in [1.82, 2.24) is 9.97 Å². The number of fused-ring (bicyclic) bond motifs is 1. The van der Waals surface area contributed by atoms with E-state index in [2.05, 4.69) is 16.9 Å². The molecule has 6 heteroatoms. The van der Waals surface area contributed by atoms with Gasteiger partial charge in [0.2, 0.25) is 5.95 Å². The fraction of sp³-hybridized carbons (Fsp3) is 0.438. The topological polar surface area (TPSA) is 55.3 Å². The highest BCUT2D eigenvalue weighted by molar-refractivity contribution is 7.14. The highest BCUT2D eigenvalue weighted by atomic mass is 32.1. The van der Waals surface area contributed by atoms with E-state index in [9.17, 15) is 4.79 Å². The monoisotopic (exact) mass is 317 g/mol. The minimum Gasteiger partial charge on any atom is -0.494 e. The van der Waals surface area contributed by atoms with Crippen molar-refractivity contribution in [3.05, 3.63) is 33.8 Å². The predicted molar refractivity (Wildman–Crippen MR) is 86.8 cm³/mol. The standard InChI is InChI=1S/C16H19N3O2S/c1-10-4-5-13-11(6-10)7-14(22-13)15(20)19(2)16-17-8-12(21-3)9-18-16/h7-10H,4-6H2,1-3H3. The molecule has 2 aromatic heterocycles. The number of hydrogen-bond donors (Lipinski definition) is 0. The van der Waals surface area contributed by atoms with Gasteiger partial charge in [-0.2, -0.15) is 0 Å². The molecule has 0 bridgehead atoms. The fourth-order valence-corrected chi connectivity index (χ4v) is 3.84. The normalized spacial score (nSPS) is 17.0. The zero-order chi connectivity index (χ0) is 15.7. The Hall–Kier alpha value is -1.95. The van der Waals surface area contributed by atoms with E-state index in [1.807, 2.05) is 6.07 Å². The lowest BCUT2D eigenvalue weighted by Crippen LogP contribution is -2.27. The smallest absolute Gasteiger partial charge is 0.270 e. The SMILES string of the molecule is COc1cnc(N(C)C(=O)c2cc3c(s2)CCC(C)C3)nc1. The zero-order valence-electron chi connectivity index (χ0n) is 13.0. The van der Waals surface area contributed by atoms with Crippen LogP contribution in [0.1, 0.15) is 33.5 Å². The van der Waals surface area contributed by atoms with E-state index in [4.69, 9.17) is 4.74 Å². The Kier molecular flexibility index (Phi) is 4.11. The summed E-state index contributed by atoms with van der Waals surface area (Å²) >= 11 is 1.60. The maximum atomic E-state index is 12.6. The third-order valence-corrected chi connectivity index (χ3v) is 5.22. The number of amides is 1. The molecule has 1 atom stereocenters. The molecule has 0 saturated heterocycles. The van der Waals surface area contributed by atoms with E-state index < -0.39 is 0 Å². The first-order valence-electron chi connectivity index (χ1n) is 7.34. The number of hydrogen-bond acceptors (Lipinski definition) is 5. The molecule has 1 aliphatic rings. The number of nitrogens with zero attached hydrogens (tertiary/aromatic N) is 3. The Morgan fingerprint density at radius 3 is 2.82 bits per heavy atom. The number of aromatic nitrogens is 2. The van der Waals surface area contributed by atoms with Crippen LogP contribution in [0.4, 0.5) is 5.95 Å². The molecule has 1 unspecified atom stereocenters. The first kappa shape index (κ1) is 15.0. The fourth-order valence-electron chi connectivity index (χ4n) is 2.66. The molecular weight excluding hydrogens is 298 g/mol. The van der Waals surface area contributed by atoms with Crippen molar-refractivity contribution in [3.63, 3.8) is 0 Å². The maximum Gasteiger partial charge on any atom is 0.270 e. The summed E-state index contributed by atoms with van der Waals surface area (Å²) in [5, 5.41) is 0. The van der Waals surface area contributed by atoms with Crippen LogP contribution >= 0.6 is 11.3 Å². The van der Waals surface area contributed by atoms with Gasteiger partial charge in [-0.25, -0.2) is 9.97 Å². The highest BCUT2D eigenvalue weighted by Gasteiger charge is 2.23. The quantitative estimate of drug-likeness (QED) is 0.873. The molecule has 0 fully saturated rings. The summed E-state index contributed by atoms with van der Waals surface area (Å²) in [6, 6.07) is 2.04. The molecule has 0 N–H and O–H groups in total. The van der Waals surface area contributed by atoms with Crippen LogP contribution in [0, 0.1) is 5.92 Å². The van der Waals surface area contributed by atoms with Crippen molar-refractivity contribution in [2.45, 2.75) is 26.2 Å². The molecule has 1 aliphatic carbocycles. The average Bonchev–Trinajstić information content (AvgIpc) is 2.96. The average molecular weight is 317 g/mol. The van der Waals surface area contributed by atoms with E-state index in [0.29, 0.717) is 17.6 Å². The summed E-state index contributed by atoms with van der Waals surface area (Å²) in [6.07, 6.45) is 6.48. The van der Waals surface area contributed by atoms with Gasteiger partial charge in [0, 0.05) is 11.9 Å². The van der Waals surface area contributed by atoms with Crippen LogP contribution < -0.4 is 9.64 Å². The molecule has 2 heterocycles. The van der Waals surface area contributed by atoms with Gasteiger partial charge in [0.15, 0.2) is 5.75 Å². The Balaban J connectivity index is 1.80. The Morgan fingerprint density at radius 2 is 2.14 bits per heavy atom. The number of thiophene rings is 1. The molecule has 1 amide bonds. The largest absolute Gasteiger partial charge is 0.494 e. The van der Waals surface area contributed by atoms with E-state index >= 15 is 0 Å². The molecule has 116 valence electrons. The second kappa shape index (κ2) is 6.04. The number of carbonyl (C=O) groups is 1. The third-order valence-electron chi connectivity index (χ3n) is 3.99. The summed E-state index contributed by atoms with van der Waals surface area (Å²) in [4.78, 5) is 24.6. The van der Waals surface area contributed by atoms with Crippen molar-refractivity contribution < 1.29 is 9.53 Å². The molecule has 2 aromatic rings. The van der Waals surface area contributed by atoms with E-state index in [-0.39, 0.29) is 5.91 Å². The van der Waals surface area contributed by atoms with Crippen LogP contribution in [0.2, 0.25) is 0 Å². The molecule has 0 aliphatic heterocycles. The number of carbonyl (C=O) groups excluding carboxylic acids is 1. The van der Waals surface area contributed by atoms with Crippen molar-refractivity contribution in [2.24, 2.45) is 5.92 Å². The van der Waals surface area contributed by atoms with Gasteiger partial charge in [-0.05, 0) is 36.8 Å². The minimum atomic E-state index is -0.0581. The number of aryl methyl sites for hydroxylation is 1. The zero-order valence-corrected chi connectivity index (χ0v) is 13.8. The van der Waals surface area contributed by atoms with Gasteiger partial charge in [-0.15, -0.1) is 11.3 Å². The second-order valence-corrected chi connectivity index (χ2v) is 6.83. The van der Waals surface area contributed by atoms with Crippen LogP contribution in [0.3, 0.4) is 0 Å². The molecule has 5 nitrogen and oxygen atoms in total. The first-order chi connectivity index (χ1) is 10.6. The van der Waals surface area contributed by atoms with Gasteiger partial charge < -0.3 is 4.74 Å². The Bertz CT molecular complexity index is 681. The Labute approximate surface area is 134 Å². The van der Waals surface area contributed by atoms with Crippen LogP contribution in [0.5, 0.6) is 5.75 Å². The molecular formula is C16H19N3O2S. The van der Waals surface area contributed by atoms with Crippen molar-refractivity contribution in [3.8, 4) is 5.75 Å². The van der Waals surface area contributed by atoms with E-state index in [0.717, 1.165) is 17.7 Å². The molecule has 0 radical (unpaired) electrons. The van der Waals surface area contributed by atoms with Crippen LogP contribution in [0.25, 0.3) is 0 Å². The molecule has 0 aromatic carbocycles. The minimum absolute atomic E-state index is 0.0581. The number of ether oxygens (including phenoxy) is 1. The Morgan fingerprint density at radius 1 is 1.41 bits per heavy atom. The van der Waals surface area contributed by atoms with E-state index in [1.165, 1.54) is 21.8 Å². The number of methoxy groups -OCH3 is 1. The lowest BCUT2D eigenvalue weighted by atomic mass is 9.90. The maximum absolute atomic E-state index is 12.6. The van der Waals surface area contributed by atoms with Crippen LogP contribution in [-0.4, -0.2) is 30.0 Å². The van der Waals surface area contributed by atoms with Gasteiger partial charge in [-0.3, -0.25) is 9.69 Å². The first-order valence-corrected chi connectivity index (χ1v) is 8.15. The van der Waals surface area contributed by atoms with Crippen molar-refractivity contribution >= 4 is 23.2 Å². The van der Waals surface area contributed by atoms with Crippen LogP contribution in [0.15, 0.2) is 18.5 Å². The molecule has 0 spiro atoms. The van der Waals surface area contributed by atoms with Crippen LogP contribution in [-0.2, 0) is 12.8 Å². The highest BCUT2D eigenvalue weighted by Crippen LogP contribution is 2.32. The number of anilines is 1. The van der Waals surface area contributed by atoms with Gasteiger partial charge in [0.1, 0.15) is 0 Å². The van der Waals surface area contributed by atoms with Crippen molar-refractivity contribution in [2.75, 3.05) is 19.1 Å². The lowest BCUT2D eigenvalue weighted by Gasteiger charge is -2.16. The summed E-state index contributed by atoms with van der Waals surface area (Å²) in [5.41, 5.74) is 1.33. The second-order valence-electron chi connectivity index (χ2n) is 5.69. The van der Waals surface area contributed by atoms with Gasteiger partial charge >= 0.3 is 0 Å². The number of rotatable bonds is 3. The molecule has 0 saturated carbocycles. The summed E-state index contributed by atoms with van der Waals surface area (Å²) in [7, 11) is 3.26. The predicted octanol–water partition coefficient (Wildman–Crippen LogP) is 2.95. The molecule has 3 rings (SSSR count). The summed E-state index contributed by atoms with van der Waals surface area (Å²) in [5.74, 6) is 1.60. The van der Waals surface area contributed by atoms with Gasteiger partial charge in [-0.1, -0.05) is 6.92 Å². The van der Waals surface area contributed by atoms with E-state index in [1.54, 1.807) is 37.9 Å². The van der Waals surface area contributed by atoms with Gasteiger partial charge in [0.05, 0.1) is 24.4 Å². The summed E-state index contributed by atoms with van der Waals surface area (Å²) < 4.78 is 5.03.